The molecule has 0 saturated heterocycles. The van der Waals surface area contributed by atoms with Gasteiger partial charge in [0.25, 0.3) is 0 Å². The van der Waals surface area contributed by atoms with Crippen LogP contribution < -0.4 is 5.73 Å². The number of benzene rings is 1. The number of thioether (sulfide) groups is 1. The molecule has 84 valence electrons. The van der Waals surface area contributed by atoms with Gasteiger partial charge in [-0.05, 0) is 18.6 Å². The van der Waals surface area contributed by atoms with Crippen LogP contribution in [0.1, 0.15) is 25.5 Å². The zero-order valence-corrected chi connectivity index (χ0v) is 9.72. The summed E-state index contributed by atoms with van der Waals surface area (Å²) < 4.78 is 13.5. The highest BCUT2D eigenvalue weighted by molar-refractivity contribution is 8.00. The van der Waals surface area contributed by atoms with E-state index in [9.17, 15) is 4.39 Å². The van der Waals surface area contributed by atoms with Gasteiger partial charge in [-0.15, -0.1) is 11.8 Å². The van der Waals surface area contributed by atoms with E-state index in [1.165, 1.54) is 17.8 Å². The topological polar surface area (TPSA) is 46.2 Å². The number of hydrogen-bond acceptors (Lipinski definition) is 3. The molecule has 0 saturated carbocycles. The molecule has 2 atom stereocenters. The zero-order valence-electron chi connectivity index (χ0n) is 8.90. The van der Waals surface area contributed by atoms with Gasteiger partial charge >= 0.3 is 0 Å². The summed E-state index contributed by atoms with van der Waals surface area (Å²) in [6.45, 7) is 3.70. The third kappa shape index (κ3) is 3.19. The quantitative estimate of drug-likeness (QED) is 0.779. The van der Waals surface area contributed by atoms with E-state index in [4.69, 9.17) is 10.8 Å². The number of halogens is 1. The highest BCUT2D eigenvalue weighted by atomic mass is 32.2. The van der Waals surface area contributed by atoms with Crippen LogP contribution in [0.4, 0.5) is 4.39 Å². The predicted octanol–water partition coefficient (Wildman–Crippen LogP) is 2.32. The van der Waals surface area contributed by atoms with E-state index in [0.717, 1.165) is 5.56 Å². The predicted molar refractivity (Wildman–Crippen MR) is 61.4 cm³/mol. The molecule has 1 aromatic carbocycles. The Morgan fingerprint density at radius 1 is 1.47 bits per heavy atom. The molecular formula is C11H16FNOS. The van der Waals surface area contributed by atoms with E-state index >= 15 is 0 Å². The van der Waals surface area contributed by atoms with Crippen LogP contribution in [0.25, 0.3) is 0 Å². The molecule has 0 aliphatic heterocycles. The molecule has 0 fully saturated rings. The van der Waals surface area contributed by atoms with Crippen LogP contribution in [0.3, 0.4) is 0 Å². The first-order valence-electron chi connectivity index (χ1n) is 4.87. The molecule has 0 bridgehead atoms. The molecule has 2 nitrogen and oxygen atoms in total. The fraction of sp³-hybridized carbons (Fsp3) is 0.455. The van der Waals surface area contributed by atoms with Crippen molar-refractivity contribution in [2.24, 2.45) is 5.73 Å². The molecular weight excluding hydrogens is 213 g/mol. The van der Waals surface area contributed by atoms with Gasteiger partial charge in [-0.2, -0.15) is 0 Å². The fourth-order valence-corrected chi connectivity index (χ4v) is 2.29. The molecule has 3 N–H and O–H groups in total. The third-order valence-corrected chi connectivity index (χ3v) is 3.28. The highest BCUT2D eigenvalue weighted by Gasteiger charge is 2.14. The second-order valence-corrected chi connectivity index (χ2v) is 5.01. The molecule has 1 rings (SSSR count). The smallest absolute Gasteiger partial charge is 0.137 e. The van der Waals surface area contributed by atoms with Crippen LogP contribution in [-0.4, -0.2) is 17.0 Å². The van der Waals surface area contributed by atoms with Crippen molar-refractivity contribution < 1.29 is 9.50 Å². The first-order valence-corrected chi connectivity index (χ1v) is 5.75. The summed E-state index contributed by atoms with van der Waals surface area (Å²) in [6, 6.07) is 4.69. The Kier molecular flexibility index (Phi) is 4.57. The van der Waals surface area contributed by atoms with Crippen LogP contribution in [0.2, 0.25) is 0 Å². The van der Waals surface area contributed by atoms with Crippen molar-refractivity contribution in [1.82, 2.24) is 0 Å². The zero-order chi connectivity index (χ0) is 11.4. The van der Waals surface area contributed by atoms with Crippen molar-refractivity contribution >= 4 is 11.8 Å². The summed E-state index contributed by atoms with van der Waals surface area (Å²) in [5.74, 6) is -0.268. The average Bonchev–Trinajstić information content (AvgIpc) is 2.20. The van der Waals surface area contributed by atoms with Gasteiger partial charge in [-0.25, -0.2) is 4.39 Å². The summed E-state index contributed by atoms with van der Waals surface area (Å²) in [7, 11) is 0. The van der Waals surface area contributed by atoms with E-state index in [0.29, 0.717) is 4.90 Å². The average molecular weight is 229 g/mol. The molecule has 0 aliphatic rings. The molecule has 0 radical (unpaired) electrons. The molecule has 15 heavy (non-hydrogen) atoms. The molecule has 4 heteroatoms. The van der Waals surface area contributed by atoms with Crippen LogP contribution in [-0.2, 0) is 0 Å². The molecule has 0 aromatic heterocycles. The monoisotopic (exact) mass is 229 g/mol. The van der Waals surface area contributed by atoms with E-state index < -0.39 is 0 Å². The minimum Gasteiger partial charge on any atom is -0.395 e. The van der Waals surface area contributed by atoms with Crippen LogP contribution in [0.5, 0.6) is 0 Å². The Morgan fingerprint density at radius 3 is 2.67 bits per heavy atom. The second kappa shape index (κ2) is 5.49. The lowest BCUT2D eigenvalue weighted by atomic mass is 10.1. The highest BCUT2D eigenvalue weighted by Crippen LogP contribution is 2.31. The first-order chi connectivity index (χ1) is 7.06. The largest absolute Gasteiger partial charge is 0.395 e. The first kappa shape index (κ1) is 12.5. The maximum atomic E-state index is 13.5. The maximum Gasteiger partial charge on any atom is 0.137 e. The lowest BCUT2D eigenvalue weighted by Gasteiger charge is -2.15. The van der Waals surface area contributed by atoms with E-state index in [1.54, 1.807) is 6.07 Å². The Hall–Kier alpha value is -0.580. The fourth-order valence-electron chi connectivity index (χ4n) is 1.25. The van der Waals surface area contributed by atoms with E-state index in [2.05, 4.69) is 0 Å². The summed E-state index contributed by atoms with van der Waals surface area (Å²) >= 11 is 1.32. The number of nitrogens with two attached hydrogens (primary N) is 1. The van der Waals surface area contributed by atoms with Crippen molar-refractivity contribution in [2.45, 2.75) is 30.0 Å². The summed E-state index contributed by atoms with van der Waals surface area (Å²) in [5, 5.41) is 8.91. The standard InChI is InChI=1S/C11H16FNOS/c1-7(6-14)15-11-9(8(2)13)4-3-5-10(11)12/h3-5,7-8,14H,6,13H2,1-2H3/t7?,8-/m0/s1. The van der Waals surface area contributed by atoms with Gasteiger partial charge < -0.3 is 10.8 Å². The Bertz CT molecular complexity index is 330. The van der Waals surface area contributed by atoms with Gasteiger partial charge in [0.05, 0.1) is 6.61 Å². The molecule has 1 aromatic rings. The van der Waals surface area contributed by atoms with Crippen molar-refractivity contribution in [1.29, 1.82) is 0 Å². The van der Waals surface area contributed by atoms with Gasteiger partial charge in [0.15, 0.2) is 0 Å². The number of rotatable bonds is 4. The van der Waals surface area contributed by atoms with E-state index in [-0.39, 0.29) is 23.7 Å². The SMILES string of the molecule is CC(CO)Sc1c(F)cccc1[C@H](C)N. The molecule has 0 aliphatic carbocycles. The van der Waals surface area contributed by atoms with Gasteiger partial charge in [0.2, 0.25) is 0 Å². The van der Waals surface area contributed by atoms with Gasteiger partial charge in [-0.3, -0.25) is 0 Å². The van der Waals surface area contributed by atoms with Crippen LogP contribution in [0.15, 0.2) is 23.1 Å². The van der Waals surface area contributed by atoms with Crippen molar-refractivity contribution in [3.05, 3.63) is 29.6 Å². The summed E-state index contributed by atoms with van der Waals surface area (Å²) in [6.07, 6.45) is 0. The van der Waals surface area contributed by atoms with E-state index in [1.807, 2.05) is 19.9 Å². The molecule has 0 amide bonds. The number of hydrogen-bond donors (Lipinski definition) is 2. The summed E-state index contributed by atoms with van der Waals surface area (Å²) in [4.78, 5) is 0.550. The minimum atomic E-state index is -0.268. The van der Waals surface area contributed by atoms with Gasteiger partial charge in [0, 0.05) is 16.2 Å². The Morgan fingerprint density at radius 2 is 2.13 bits per heavy atom. The second-order valence-electron chi connectivity index (χ2n) is 3.56. The third-order valence-electron chi connectivity index (χ3n) is 2.06. The van der Waals surface area contributed by atoms with Crippen molar-refractivity contribution in [3.8, 4) is 0 Å². The Balaban J connectivity index is 3.02. The molecule has 1 unspecified atom stereocenters. The lowest BCUT2D eigenvalue weighted by molar-refractivity contribution is 0.300. The maximum absolute atomic E-state index is 13.5. The van der Waals surface area contributed by atoms with Crippen LogP contribution >= 0.6 is 11.8 Å². The van der Waals surface area contributed by atoms with Crippen molar-refractivity contribution in [2.75, 3.05) is 6.61 Å². The lowest BCUT2D eigenvalue weighted by Crippen LogP contribution is -2.10. The van der Waals surface area contributed by atoms with Gasteiger partial charge in [0.1, 0.15) is 5.82 Å². The minimum absolute atomic E-state index is 0.0252. The Labute approximate surface area is 93.7 Å². The van der Waals surface area contributed by atoms with Crippen LogP contribution in [0, 0.1) is 5.82 Å². The summed E-state index contributed by atoms with van der Waals surface area (Å²) in [5.41, 5.74) is 6.55. The number of aliphatic hydroxyl groups is 1. The normalized spacial score (nSPS) is 15.0. The van der Waals surface area contributed by atoms with Crippen molar-refractivity contribution in [3.63, 3.8) is 0 Å². The van der Waals surface area contributed by atoms with Gasteiger partial charge in [-0.1, -0.05) is 19.1 Å². The number of aliphatic hydroxyl groups excluding tert-OH is 1. The molecule has 0 spiro atoms. The molecule has 0 heterocycles.